The van der Waals surface area contributed by atoms with Gasteiger partial charge in [-0.25, -0.2) is 4.79 Å². The number of aryl methyl sites for hydroxylation is 1. The van der Waals surface area contributed by atoms with Crippen molar-refractivity contribution in [3.8, 4) is 6.01 Å². The van der Waals surface area contributed by atoms with Crippen LogP contribution in [-0.4, -0.2) is 31.2 Å². The van der Waals surface area contributed by atoms with Crippen LogP contribution in [-0.2, 0) is 14.1 Å². The maximum atomic E-state index is 12.0. The number of rotatable bonds is 2. The van der Waals surface area contributed by atoms with E-state index in [0.29, 0.717) is 5.65 Å². The van der Waals surface area contributed by atoms with Crippen LogP contribution in [0.5, 0.6) is 6.01 Å². The summed E-state index contributed by atoms with van der Waals surface area (Å²) in [5.74, 6) is 0. The van der Waals surface area contributed by atoms with Gasteiger partial charge in [-0.15, -0.1) is 0 Å². The van der Waals surface area contributed by atoms with Gasteiger partial charge in [0, 0.05) is 20.1 Å². The van der Waals surface area contributed by atoms with E-state index < -0.39 is 11.2 Å². The van der Waals surface area contributed by atoms with Crippen molar-refractivity contribution in [2.45, 2.75) is 31.4 Å². The normalized spacial score (nSPS) is 22.6. The minimum absolute atomic E-state index is 0.00597. The zero-order valence-corrected chi connectivity index (χ0v) is 11.4. The van der Waals surface area contributed by atoms with Gasteiger partial charge < -0.3 is 15.5 Å². The molecule has 8 nitrogen and oxygen atoms in total. The van der Waals surface area contributed by atoms with Crippen LogP contribution >= 0.6 is 0 Å². The molecule has 108 valence electrons. The molecule has 0 saturated heterocycles. The first-order valence-corrected chi connectivity index (χ1v) is 6.55. The molecule has 2 heterocycles. The lowest BCUT2D eigenvalue weighted by Crippen LogP contribution is -2.36. The van der Waals surface area contributed by atoms with Crippen molar-refractivity contribution in [1.29, 1.82) is 0 Å². The Labute approximate surface area is 114 Å². The first-order valence-electron chi connectivity index (χ1n) is 6.55. The molecule has 8 heteroatoms. The quantitative estimate of drug-likeness (QED) is 0.749. The third-order valence-corrected chi connectivity index (χ3v) is 3.78. The molecule has 3 N–H and O–H groups in total. The Bertz CT molecular complexity index is 772. The van der Waals surface area contributed by atoms with Crippen molar-refractivity contribution < 1.29 is 4.74 Å². The van der Waals surface area contributed by atoms with E-state index in [-0.39, 0.29) is 23.7 Å². The van der Waals surface area contributed by atoms with Crippen molar-refractivity contribution >= 4 is 11.2 Å². The fourth-order valence-electron chi connectivity index (χ4n) is 2.60. The van der Waals surface area contributed by atoms with Crippen LogP contribution in [0.1, 0.15) is 19.3 Å². The summed E-state index contributed by atoms with van der Waals surface area (Å²) in [6.07, 6.45) is 2.57. The Kier molecular flexibility index (Phi) is 2.89. The topological polar surface area (TPSA) is 108 Å². The van der Waals surface area contributed by atoms with Crippen LogP contribution < -0.4 is 21.7 Å². The van der Waals surface area contributed by atoms with Gasteiger partial charge in [0.2, 0.25) is 0 Å². The highest BCUT2D eigenvalue weighted by molar-refractivity contribution is 5.70. The average molecular weight is 279 g/mol. The number of hydrogen-bond acceptors (Lipinski definition) is 5. The number of hydrogen-bond donors (Lipinski definition) is 2. The molecule has 0 radical (unpaired) electrons. The molecule has 1 saturated carbocycles. The van der Waals surface area contributed by atoms with Crippen molar-refractivity contribution in [1.82, 2.24) is 19.1 Å². The van der Waals surface area contributed by atoms with Gasteiger partial charge in [-0.05, 0) is 19.3 Å². The standard InChI is InChI=1S/C12H17N5O3/c1-16-9-8(10(18)17(2)12(16)19)14-11(15-9)20-7-4-3-6(13)5-7/h6-7H,3-5,13H2,1-2H3,(H,14,15). The van der Waals surface area contributed by atoms with Gasteiger partial charge in [-0.1, -0.05) is 0 Å². The number of imidazole rings is 1. The highest BCUT2D eigenvalue weighted by Gasteiger charge is 2.24. The second kappa shape index (κ2) is 4.48. The molecule has 0 spiro atoms. The van der Waals surface area contributed by atoms with Crippen molar-refractivity contribution in [3.05, 3.63) is 20.8 Å². The summed E-state index contributed by atoms with van der Waals surface area (Å²) >= 11 is 0. The molecule has 20 heavy (non-hydrogen) atoms. The number of ether oxygens (including phenoxy) is 1. The lowest BCUT2D eigenvalue weighted by molar-refractivity contribution is 0.193. The Morgan fingerprint density at radius 3 is 2.70 bits per heavy atom. The summed E-state index contributed by atoms with van der Waals surface area (Å²) in [7, 11) is 3.00. The molecule has 0 bridgehead atoms. The molecule has 1 fully saturated rings. The number of nitrogens with one attached hydrogen (secondary N) is 1. The number of aromatic amines is 1. The van der Waals surface area contributed by atoms with E-state index in [1.54, 1.807) is 7.05 Å². The highest BCUT2D eigenvalue weighted by atomic mass is 16.5. The Hall–Kier alpha value is -2.09. The number of H-pyrrole nitrogens is 1. The zero-order valence-electron chi connectivity index (χ0n) is 11.4. The van der Waals surface area contributed by atoms with E-state index in [2.05, 4.69) is 9.97 Å². The van der Waals surface area contributed by atoms with Crippen LogP contribution in [0, 0.1) is 0 Å². The molecule has 2 aromatic rings. The second-order valence-electron chi connectivity index (χ2n) is 5.26. The molecule has 3 rings (SSSR count). The number of nitrogens with two attached hydrogens (primary N) is 1. The first kappa shape index (κ1) is 12.9. The van der Waals surface area contributed by atoms with E-state index in [4.69, 9.17) is 10.5 Å². The number of fused-ring (bicyclic) bond motifs is 1. The maximum Gasteiger partial charge on any atom is 0.332 e. The van der Waals surface area contributed by atoms with Crippen LogP contribution in [0.3, 0.4) is 0 Å². The SMILES string of the molecule is Cn1c(=O)c2[nH]c(OC3CCC(N)C3)nc2n(C)c1=O. The molecule has 1 aliphatic rings. The third kappa shape index (κ3) is 1.92. The fraction of sp³-hybridized carbons (Fsp3) is 0.583. The molecule has 0 aromatic carbocycles. The van der Waals surface area contributed by atoms with E-state index >= 15 is 0 Å². The third-order valence-electron chi connectivity index (χ3n) is 3.78. The number of nitrogens with zero attached hydrogens (tertiary/aromatic N) is 3. The molecule has 1 aliphatic carbocycles. The summed E-state index contributed by atoms with van der Waals surface area (Å²) in [5, 5.41) is 0. The Morgan fingerprint density at radius 2 is 2.05 bits per heavy atom. The van der Waals surface area contributed by atoms with E-state index in [9.17, 15) is 9.59 Å². The van der Waals surface area contributed by atoms with Gasteiger partial charge in [0.05, 0.1) is 0 Å². The second-order valence-corrected chi connectivity index (χ2v) is 5.26. The summed E-state index contributed by atoms with van der Waals surface area (Å²) in [6.45, 7) is 0. The minimum Gasteiger partial charge on any atom is -0.461 e. The van der Waals surface area contributed by atoms with Crippen molar-refractivity contribution in [2.24, 2.45) is 19.8 Å². The summed E-state index contributed by atoms with van der Waals surface area (Å²) in [4.78, 5) is 30.9. The molecular weight excluding hydrogens is 262 g/mol. The predicted molar refractivity (Wildman–Crippen MR) is 72.8 cm³/mol. The molecular formula is C12H17N5O3. The minimum atomic E-state index is -0.413. The van der Waals surface area contributed by atoms with Gasteiger partial charge >= 0.3 is 5.69 Å². The Morgan fingerprint density at radius 1 is 1.30 bits per heavy atom. The number of aromatic nitrogens is 4. The molecule has 0 aliphatic heterocycles. The van der Waals surface area contributed by atoms with Gasteiger partial charge in [0.15, 0.2) is 11.2 Å². The van der Waals surface area contributed by atoms with E-state index in [1.165, 1.54) is 11.6 Å². The van der Waals surface area contributed by atoms with Gasteiger partial charge in [0.1, 0.15) is 6.10 Å². The summed E-state index contributed by atoms with van der Waals surface area (Å²) in [6, 6.07) is 0.416. The monoisotopic (exact) mass is 279 g/mol. The van der Waals surface area contributed by atoms with E-state index in [0.717, 1.165) is 23.8 Å². The smallest absolute Gasteiger partial charge is 0.332 e. The van der Waals surface area contributed by atoms with Gasteiger partial charge in [0.25, 0.3) is 11.6 Å². The van der Waals surface area contributed by atoms with Crippen LogP contribution in [0.2, 0.25) is 0 Å². The predicted octanol–water partition coefficient (Wildman–Crippen LogP) is -0.781. The molecule has 0 amide bonds. The maximum absolute atomic E-state index is 12.0. The summed E-state index contributed by atoms with van der Waals surface area (Å²) < 4.78 is 8.07. The van der Waals surface area contributed by atoms with Crippen LogP contribution in [0.25, 0.3) is 11.2 Å². The summed E-state index contributed by atoms with van der Waals surface area (Å²) in [5.41, 5.74) is 5.58. The van der Waals surface area contributed by atoms with Gasteiger partial charge in [-0.3, -0.25) is 13.9 Å². The fourth-order valence-corrected chi connectivity index (χ4v) is 2.60. The lowest BCUT2D eigenvalue weighted by atomic mass is 10.3. The highest BCUT2D eigenvalue weighted by Crippen LogP contribution is 2.22. The van der Waals surface area contributed by atoms with Crippen molar-refractivity contribution in [3.63, 3.8) is 0 Å². The Balaban J connectivity index is 2.03. The lowest BCUT2D eigenvalue weighted by Gasteiger charge is -2.09. The van der Waals surface area contributed by atoms with Crippen molar-refractivity contribution in [2.75, 3.05) is 0 Å². The zero-order chi connectivity index (χ0) is 14.4. The van der Waals surface area contributed by atoms with Crippen LogP contribution in [0.4, 0.5) is 0 Å². The molecule has 2 unspecified atom stereocenters. The molecule has 2 aromatic heterocycles. The molecule has 2 atom stereocenters. The average Bonchev–Trinajstić information content (AvgIpc) is 3.01. The van der Waals surface area contributed by atoms with Crippen LogP contribution in [0.15, 0.2) is 9.59 Å². The van der Waals surface area contributed by atoms with Gasteiger partial charge in [-0.2, -0.15) is 4.98 Å². The first-order chi connectivity index (χ1) is 9.47. The van der Waals surface area contributed by atoms with E-state index in [1.807, 2.05) is 0 Å². The largest absolute Gasteiger partial charge is 0.461 e.